The predicted molar refractivity (Wildman–Crippen MR) is 179 cm³/mol. The van der Waals surface area contributed by atoms with Crippen molar-refractivity contribution in [3.63, 3.8) is 0 Å². The van der Waals surface area contributed by atoms with Gasteiger partial charge in [0.15, 0.2) is 0 Å². The number of fused-ring (bicyclic) bond motifs is 10. The summed E-state index contributed by atoms with van der Waals surface area (Å²) in [6.07, 6.45) is 0. The summed E-state index contributed by atoms with van der Waals surface area (Å²) in [5.41, 5.74) is 11.6. The molecule has 10 rings (SSSR count). The number of imidazole rings is 2. The van der Waals surface area contributed by atoms with Gasteiger partial charge >= 0.3 is 0 Å². The third kappa shape index (κ3) is 3.15. The van der Waals surface area contributed by atoms with Gasteiger partial charge in [0.2, 0.25) is 11.5 Å². The zero-order chi connectivity index (χ0) is 28.8. The summed E-state index contributed by atoms with van der Waals surface area (Å²) in [5.74, 6) is 0.836. The molecule has 5 heteroatoms. The highest BCUT2D eigenvalue weighted by Crippen LogP contribution is 2.38. The third-order valence-corrected chi connectivity index (χ3v) is 8.87. The van der Waals surface area contributed by atoms with Crippen LogP contribution in [-0.4, -0.2) is 18.5 Å². The topological polar surface area (TPSA) is 40.3 Å². The molecule has 4 aromatic heterocycles. The molecule has 44 heavy (non-hydrogen) atoms. The lowest BCUT2D eigenvalue weighted by molar-refractivity contribution is 0.656. The van der Waals surface area contributed by atoms with Crippen molar-refractivity contribution in [3.8, 4) is 22.5 Å². The van der Waals surface area contributed by atoms with Crippen LogP contribution in [0.5, 0.6) is 0 Å². The van der Waals surface area contributed by atoms with Crippen molar-refractivity contribution in [3.05, 3.63) is 146 Å². The molecule has 0 N–H and O–H groups in total. The van der Waals surface area contributed by atoms with Gasteiger partial charge in [0.05, 0.1) is 22.1 Å². The second-order valence-corrected chi connectivity index (χ2v) is 11.3. The molecule has 6 aromatic carbocycles. The highest BCUT2D eigenvalue weighted by atomic mass is 16.3. The molecule has 0 atom stereocenters. The summed E-state index contributed by atoms with van der Waals surface area (Å²) in [6.45, 7) is 0. The van der Waals surface area contributed by atoms with Crippen molar-refractivity contribution >= 4 is 60.8 Å². The Balaban J connectivity index is 1.26. The minimum atomic E-state index is 0.649. The largest absolute Gasteiger partial charge is 0.436 e. The number of para-hydroxylation sites is 4. The maximum absolute atomic E-state index is 6.19. The van der Waals surface area contributed by atoms with Crippen LogP contribution in [0.2, 0.25) is 0 Å². The summed E-state index contributed by atoms with van der Waals surface area (Å²) >= 11 is 0. The van der Waals surface area contributed by atoms with Gasteiger partial charge < -0.3 is 8.98 Å². The first-order valence-corrected chi connectivity index (χ1v) is 14.8. The molecule has 10 aromatic rings. The van der Waals surface area contributed by atoms with E-state index in [1.54, 1.807) is 0 Å². The van der Waals surface area contributed by atoms with Crippen LogP contribution in [0.4, 0.5) is 0 Å². The monoisotopic (exact) mass is 564 g/mol. The van der Waals surface area contributed by atoms with E-state index in [2.05, 4.69) is 141 Å². The molecule has 206 valence electrons. The number of furan rings is 1. The number of aromatic nitrogens is 4. The first-order valence-electron chi connectivity index (χ1n) is 14.8. The van der Waals surface area contributed by atoms with Crippen LogP contribution in [0.3, 0.4) is 0 Å². The Morgan fingerprint density at radius 2 is 1.07 bits per heavy atom. The van der Waals surface area contributed by atoms with E-state index in [0.717, 1.165) is 55.8 Å². The minimum absolute atomic E-state index is 0.649. The second-order valence-electron chi connectivity index (χ2n) is 11.3. The summed E-state index contributed by atoms with van der Waals surface area (Å²) in [4.78, 5) is 5.03. The normalized spacial score (nSPS) is 12.1. The molecule has 0 bridgehead atoms. The lowest BCUT2D eigenvalue weighted by Gasteiger charge is -2.10. The zero-order valence-electron chi connectivity index (χ0n) is 23.6. The Morgan fingerprint density at radius 1 is 0.455 bits per heavy atom. The van der Waals surface area contributed by atoms with Crippen molar-refractivity contribution < 1.29 is 4.42 Å². The molecule has 0 spiro atoms. The van der Waals surface area contributed by atoms with Crippen LogP contribution in [0.15, 0.2) is 150 Å². The van der Waals surface area contributed by atoms with Crippen molar-refractivity contribution in [2.24, 2.45) is 0 Å². The molecule has 0 fully saturated rings. The fourth-order valence-corrected chi connectivity index (χ4v) is 6.95. The summed E-state index contributed by atoms with van der Waals surface area (Å²) in [5, 5.41) is 3.56. The van der Waals surface area contributed by atoms with Gasteiger partial charge in [-0.05, 0) is 71.8 Å². The first kappa shape index (κ1) is 23.5. The summed E-state index contributed by atoms with van der Waals surface area (Å²) < 4.78 is 13.0. The quantitative estimate of drug-likeness (QED) is 0.214. The molecule has 0 aliphatic heterocycles. The average molecular weight is 565 g/mol. The van der Waals surface area contributed by atoms with Crippen molar-refractivity contribution in [2.45, 2.75) is 0 Å². The van der Waals surface area contributed by atoms with Gasteiger partial charge in [-0.3, -0.25) is 8.97 Å². The predicted octanol–water partition coefficient (Wildman–Crippen LogP) is 9.94. The van der Waals surface area contributed by atoms with Gasteiger partial charge in [-0.1, -0.05) is 84.9 Å². The van der Waals surface area contributed by atoms with Crippen LogP contribution in [0, 0.1) is 0 Å². The minimum Gasteiger partial charge on any atom is -0.436 e. The van der Waals surface area contributed by atoms with Crippen molar-refractivity contribution in [1.82, 2.24) is 18.5 Å². The van der Waals surface area contributed by atoms with E-state index in [4.69, 9.17) is 9.40 Å². The van der Waals surface area contributed by atoms with E-state index in [1.807, 2.05) is 18.2 Å². The van der Waals surface area contributed by atoms with Crippen LogP contribution < -0.4 is 0 Å². The molecule has 0 amide bonds. The Hall–Kier alpha value is -6.07. The van der Waals surface area contributed by atoms with Crippen molar-refractivity contribution in [2.75, 3.05) is 0 Å². The van der Waals surface area contributed by atoms with Gasteiger partial charge in [-0.15, -0.1) is 0 Å². The summed E-state index contributed by atoms with van der Waals surface area (Å²) in [7, 11) is 0. The van der Waals surface area contributed by atoms with Gasteiger partial charge in [0.1, 0.15) is 11.1 Å². The molecule has 0 unspecified atom stereocenters. The maximum atomic E-state index is 6.19. The SMILES string of the molecule is c1ccc(-n2c3ccccc3c3ccc(-c4ccc5c(c4)n(-c4ccccc4)c4nc6oc7ccccc7c6n54)cc32)cc1. The molecule has 0 aliphatic rings. The standard InChI is InChI=1S/C39H24N4O/c1-3-11-27(12-4-1)41-32-17-9-7-15-29(32)30-21-19-25(23-34(30)41)26-20-22-33-35(24-26)42(28-13-5-2-6-14-28)39-40-38-37(43(33)39)31-16-8-10-18-36(31)44-38/h1-24H. The Bertz CT molecular complexity index is 2710. The number of nitrogens with zero attached hydrogens (tertiary/aromatic N) is 4. The molecule has 0 saturated heterocycles. The van der Waals surface area contributed by atoms with E-state index in [9.17, 15) is 0 Å². The molecule has 0 saturated carbocycles. The van der Waals surface area contributed by atoms with Crippen LogP contribution >= 0.6 is 0 Å². The van der Waals surface area contributed by atoms with Crippen LogP contribution in [-0.2, 0) is 0 Å². The van der Waals surface area contributed by atoms with E-state index in [-0.39, 0.29) is 0 Å². The fraction of sp³-hybridized carbons (Fsp3) is 0. The number of rotatable bonds is 3. The summed E-state index contributed by atoms with van der Waals surface area (Å²) in [6, 6.07) is 51.4. The Morgan fingerprint density at radius 3 is 1.86 bits per heavy atom. The number of hydrogen-bond acceptors (Lipinski definition) is 2. The fourth-order valence-electron chi connectivity index (χ4n) is 6.95. The van der Waals surface area contributed by atoms with E-state index < -0.39 is 0 Å². The van der Waals surface area contributed by atoms with Gasteiger partial charge in [0, 0.05) is 27.5 Å². The average Bonchev–Trinajstić information content (AvgIpc) is 3.80. The Kier molecular flexibility index (Phi) is 4.66. The maximum Gasteiger partial charge on any atom is 0.248 e. The van der Waals surface area contributed by atoms with Gasteiger partial charge in [0.25, 0.3) is 0 Å². The van der Waals surface area contributed by atoms with Gasteiger partial charge in [-0.25, -0.2) is 0 Å². The van der Waals surface area contributed by atoms with E-state index >= 15 is 0 Å². The van der Waals surface area contributed by atoms with Crippen molar-refractivity contribution in [1.29, 1.82) is 0 Å². The van der Waals surface area contributed by atoms with E-state index in [1.165, 1.54) is 21.8 Å². The molecular formula is C39H24N4O. The van der Waals surface area contributed by atoms with Gasteiger partial charge in [-0.2, -0.15) is 4.98 Å². The highest BCUT2D eigenvalue weighted by molar-refractivity contribution is 6.10. The molecular weight excluding hydrogens is 540 g/mol. The molecule has 0 aliphatic carbocycles. The highest BCUT2D eigenvalue weighted by Gasteiger charge is 2.22. The Labute approximate surface area is 251 Å². The van der Waals surface area contributed by atoms with Crippen LogP contribution in [0.25, 0.3) is 83.3 Å². The molecule has 4 heterocycles. The lowest BCUT2D eigenvalue weighted by Crippen LogP contribution is -1.95. The van der Waals surface area contributed by atoms with E-state index in [0.29, 0.717) is 5.71 Å². The smallest absolute Gasteiger partial charge is 0.248 e. The lowest BCUT2D eigenvalue weighted by atomic mass is 10.0. The third-order valence-electron chi connectivity index (χ3n) is 8.87. The number of benzene rings is 6. The second kappa shape index (κ2) is 8.72. The molecule has 0 radical (unpaired) electrons. The number of hydrogen-bond donors (Lipinski definition) is 0. The first-order chi connectivity index (χ1) is 21.8. The zero-order valence-corrected chi connectivity index (χ0v) is 23.6. The van der Waals surface area contributed by atoms with Crippen LogP contribution in [0.1, 0.15) is 0 Å². The molecule has 5 nitrogen and oxygen atoms in total.